The van der Waals surface area contributed by atoms with E-state index in [9.17, 15) is 9.90 Å². The Labute approximate surface area is 152 Å². The average Bonchev–Trinajstić information content (AvgIpc) is 2.77. The minimum atomic E-state index is -0.274. The standard InChI is InChI=1S/C19H21N3O2.ClH/c23-14-22-17-8-4-7-16-13-20(10-9-15-5-2-1-3-6-15)11-12-21(18(16)17)19(22)24;/h1-8,23H,9-14H2;1H. The SMILES string of the molecule is Cl.O=c1n(CO)c2cccc3c2n1CCN(CCc1ccccc1)C3. The Balaban J connectivity index is 0.00000182. The molecule has 2 heterocycles. The zero-order valence-corrected chi connectivity index (χ0v) is 14.8. The van der Waals surface area contributed by atoms with Crippen molar-refractivity contribution in [3.05, 3.63) is 70.1 Å². The first-order valence-electron chi connectivity index (χ1n) is 8.36. The highest BCUT2D eigenvalue weighted by Gasteiger charge is 2.21. The summed E-state index contributed by atoms with van der Waals surface area (Å²) in [5.41, 5.74) is 4.16. The summed E-state index contributed by atoms with van der Waals surface area (Å²) >= 11 is 0. The van der Waals surface area contributed by atoms with E-state index in [-0.39, 0.29) is 24.8 Å². The van der Waals surface area contributed by atoms with Gasteiger partial charge >= 0.3 is 5.69 Å². The topological polar surface area (TPSA) is 50.4 Å². The van der Waals surface area contributed by atoms with Crippen LogP contribution in [0.1, 0.15) is 11.1 Å². The van der Waals surface area contributed by atoms with Gasteiger partial charge in [-0.15, -0.1) is 12.4 Å². The van der Waals surface area contributed by atoms with E-state index < -0.39 is 0 Å². The third kappa shape index (κ3) is 3.23. The Morgan fingerprint density at radius 3 is 2.56 bits per heavy atom. The molecule has 0 amide bonds. The number of hydrogen-bond donors (Lipinski definition) is 1. The molecule has 25 heavy (non-hydrogen) atoms. The van der Waals surface area contributed by atoms with Crippen molar-refractivity contribution in [2.24, 2.45) is 0 Å². The van der Waals surface area contributed by atoms with Crippen molar-refractivity contribution in [3.8, 4) is 0 Å². The number of aliphatic hydroxyl groups is 1. The number of aromatic nitrogens is 2. The minimum absolute atomic E-state index is 0. The van der Waals surface area contributed by atoms with Crippen molar-refractivity contribution in [1.29, 1.82) is 0 Å². The van der Waals surface area contributed by atoms with E-state index in [0.717, 1.165) is 42.7 Å². The third-order valence-electron chi connectivity index (χ3n) is 4.86. The summed E-state index contributed by atoms with van der Waals surface area (Å²) in [4.78, 5) is 14.9. The summed E-state index contributed by atoms with van der Waals surface area (Å²) in [5.74, 6) is 0. The van der Waals surface area contributed by atoms with E-state index in [4.69, 9.17) is 0 Å². The molecule has 0 atom stereocenters. The smallest absolute Gasteiger partial charge is 0.331 e. The van der Waals surface area contributed by atoms with Gasteiger partial charge in [0, 0.05) is 26.2 Å². The van der Waals surface area contributed by atoms with Gasteiger partial charge in [-0.05, 0) is 23.6 Å². The number of nitrogens with zero attached hydrogens (tertiary/aromatic N) is 3. The zero-order chi connectivity index (χ0) is 16.5. The molecule has 1 aromatic heterocycles. The molecule has 6 heteroatoms. The lowest BCUT2D eigenvalue weighted by Gasteiger charge is -2.20. The fourth-order valence-corrected chi connectivity index (χ4v) is 3.61. The predicted octanol–water partition coefficient (Wildman–Crippen LogP) is 2.23. The van der Waals surface area contributed by atoms with Crippen LogP contribution in [-0.4, -0.2) is 32.2 Å². The Bertz CT molecular complexity index is 918. The van der Waals surface area contributed by atoms with Gasteiger partial charge in [0.2, 0.25) is 0 Å². The maximum Gasteiger partial charge on any atom is 0.331 e. The number of benzene rings is 2. The van der Waals surface area contributed by atoms with Crippen LogP contribution in [0.15, 0.2) is 53.3 Å². The second-order valence-corrected chi connectivity index (χ2v) is 6.30. The Morgan fingerprint density at radius 1 is 1.00 bits per heavy atom. The van der Waals surface area contributed by atoms with Crippen LogP contribution in [0.3, 0.4) is 0 Å². The summed E-state index contributed by atoms with van der Waals surface area (Å²) in [6.45, 7) is 3.03. The highest BCUT2D eigenvalue weighted by molar-refractivity contribution is 5.85. The molecule has 0 fully saturated rings. The first kappa shape index (κ1) is 17.7. The molecule has 0 aliphatic carbocycles. The minimum Gasteiger partial charge on any atom is -0.376 e. The van der Waals surface area contributed by atoms with Crippen LogP contribution in [0.5, 0.6) is 0 Å². The number of para-hydroxylation sites is 1. The number of halogens is 1. The van der Waals surface area contributed by atoms with Crippen LogP contribution < -0.4 is 5.69 Å². The normalized spacial score (nSPS) is 14.3. The summed E-state index contributed by atoms with van der Waals surface area (Å²) < 4.78 is 3.25. The molecule has 0 unspecified atom stereocenters. The molecule has 3 aromatic rings. The molecule has 0 saturated heterocycles. The second-order valence-electron chi connectivity index (χ2n) is 6.30. The van der Waals surface area contributed by atoms with Gasteiger partial charge in [0.05, 0.1) is 11.0 Å². The van der Waals surface area contributed by atoms with Crippen molar-refractivity contribution >= 4 is 23.4 Å². The van der Waals surface area contributed by atoms with E-state index in [0.29, 0.717) is 6.54 Å². The summed E-state index contributed by atoms with van der Waals surface area (Å²) in [7, 11) is 0. The molecular weight excluding hydrogens is 338 g/mol. The number of hydrogen-bond acceptors (Lipinski definition) is 3. The lowest BCUT2D eigenvalue weighted by atomic mass is 10.1. The van der Waals surface area contributed by atoms with Crippen molar-refractivity contribution in [2.75, 3.05) is 13.1 Å². The van der Waals surface area contributed by atoms with E-state index in [1.807, 2.05) is 22.8 Å². The molecule has 0 radical (unpaired) electrons. The Morgan fingerprint density at radius 2 is 1.80 bits per heavy atom. The van der Waals surface area contributed by atoms with Crippen molar-refractivity contribution in [3.63, 3.8) is 0 Å². The van der Waals surface area contributed by atoms with Gasteiger partial charge in [-0.25, -0.2) is 4.79 Å². The highest BCUT2D eigenvalue weighted by atomic mass is 35.5. The maximum atomic E-state index is 12.5. The van der Waals surface area contributed by atoms with E-state index in [1.54, 1.807) is 0 Å². The van der Waals surface area contributed by atoms with Gasteiger partial charge in [-0.3, -0.25) is 14.0 Å². The van der Waals surface area contributed by atoms with Crippen LogP contribution in [-0.2, 0) is 26.2 Å². The molecule has 1 aliphatic rings. The van der Waals surface area contributed by atoms with E-state index in [2.05, 4.69) is 35.2 Å². The molecule has 0 bridgehead atoms. The fraction of sp³-hybridized carbons (Fsp3) is 0.316. The van der Waals surface area contributed by atoms with E-state index in [1.165, 1.54) is 10.1 Å². The van der Waals surface area contributed by atoms with Crippen LogP contribution in [0.4, 0.5) is 0 Å². The molecule has 1 N–H and O–H groups in total. The average molecular weight is 360 g/mol. The summed E-state index contributed by atoms with van der Waals surface area (Å²) in [6.07, 6.45) is 1.01. The van der Waals surface area contributed by atoms with Crippen LogP contribution in [0, 0.1) is 0 Å². The number of rotatable bonds is 4. The Kier molecular flexibility index (Phi) is 5.27. The van der Waals surface area contributed by atoms with Crippen LogP contribution in [0.25, 0.3) is 11.0 Å². The van der Waals surface area contributed by atoms with Crippen LogP contribution >= 0.6 is 12.4 Å². The summed E-state index contributed by atoms with van der Waals surface area (Å²) in [6, 6.07) is 16.4. The molecule has 1 aliphatic heterocycles. The van der Waals surface area contributed by atoms with Gasteiger partial charge in [-0.1, -0.05) is 42.5 Å². The first-order valence-corrected chi connectivity index (χ1v) is 8.36. The second kappa shape index (κ2) is 7.44. The molecule has 4 rings (SSSR count). The molecule has 0 saturated carbocycles. The molecule has 5 nitrogen and oxygen atoms in total. The van der Waals surface area contributed by atoms with Crippen molar-refractivity contribution in [1.82, 2.24) is 14.0 Å². The highest BCUT2D eigenvalue weighted by Crippen LogP contribution is 2.22. The quantitative estimate of drug-likeness (QED) is 0.777. The van der Waals surface area contributed by atoms with Gasteiger partial charge in [0.25, 0.3) is 0 Å². The third-order valence-corrected chi connectivity index (χ3v) is 4.86. The van der Waals surface area contributed by atoms with Gasteiger partial charge in [-0.2, -0.15) is 0 Å². The number of imidazole rings is 1. The monoisotopic (exact) mass is 359 g/mol. The molecular formula is C19H22ClN3O2. The van der Waals surface area contributed by atoms with E-state index >= 15 is 0 Å². The number of aliphatic hydroxyl groups excluding tert-OH is 1. The largest absolute Gasteiger partial charge is 0.376 e. The maximum absolute atomic E-state index is 12.5. The van der Waals surface area contributed by atoms with Crippen molar-refractivity contribution < 1.29 is 5.11 Å². The lowest BCUT2D eigenvalue weighted by molar-refractivity contribution is 0.208. The Hall–Kier alpha value is -2.08. The molecule has 132 valence electrons. The van der Waals surface area contributed by atoms with Gasteiger partial charge < -0.3 is 5.11 Å². The van der Waals surface area contributed by atoms with Crippen molar-refractivity contribution in [2.45, 2.75) is 26.2 Å². The van der Waals surface area contributed by atoms with Gasteiger partial charge in [0.1, 0.15) is 6.73 Å². The molecule has 0 spiro atoms. The first-order chi connectivity index (χ1) is 11.8. The zero-order valence-electron chi connectivity index (χ0n) is 14.0. The van der Waals surface area contributed by atoms with Gasteiger partial charge in [0.15, 0.2) is 0 Å². The molecule has 2 aromatic carbocycles. The van der Waals surface area contributed by atoms with Crippen LogP contribution in [0.2, 0.25) is 0 Å². The predicted molar refractivity (Wildman–Crippen MR) is 101 cm³/mol. The fourth-order valence-electron chi connectivity index (χ4n) is 3.61. The lowest BCUT2D eigenvalue weighted by Crippen LogP contribution is -2.31. The summed E-state index contributed by atoms with van der Waals surface area (Å²) in [5, 5.41) is 9.51.